The molecule has 1 N–H and O–H groups in total. The zero-order chi connectivity index (χ0) is 13.5. The molecule has 0 spiro atoms. The quantitative estimate of drug-likeness (QED) is 0.784. The molecule has 0 fully saturated rings. The highest BCUT2D eigenvalue weighted by molar-refractivity contribution is 5.69. The minimum atomic E-state index is -0.681. The summed E-state index contributed by atoms with van der Waals surface area (Å²) in [6, 6.07) is 7.68. The van der Waals surface area contributed by atoms with Crippen LogP contribution in [-0.4, -0.2) is 31.4 Å². The van der Waals surface area contributed by atoms with Gasteiger partial charge in [0.1, 0.15) is 5.75 Å². The first-order chi connectivity index (χ1) is 8.56. The number of rotatable bonds is 6. The van der Waals surface area contributed by atoms with Crippen molar-refractivity contribution in [3.8, 4) is 5.75 Å². The first-order valence-electron chi connectivity index (χ1n) is 5.94. The van der Waals surface area contributed by atoms with Crippen molar-refractivity contribution in [3.05, 3.63) is 29.8 Å². The summed E-state index contributed by atoms with van der Waals surface area (Å²) in [4.78, 5) is 11.1. The fourth-order valence-electron chi connectivity index (χ4n) is 1.72. The second-order valence-electron chi connectivity index (χ2n) is 4.38. The number of aliphatic hydroxyl groups is 1. The van der Waals surface area contributed by atoms with Crippen LogP contribution < -0.4 is 4.74 Å². The summed E-state index contributed by atoms with van der Waals surface area (Å²) >= 11 is 0. The van der Waals surface area contributed by atoms with Crippen molar-refractivity contribution in [1.29, 1.82) is 0 Å². The van der Waals surface area contributed by atoms with Crippen molar-refractivity contribution in [1.82, 2.24) is 0 Å². The predicted octanol–water partition coefficient (Wildman–Crippen LogP) is 1.80. The molecule has 4 heteroatoms. The zero-order valence-corrected chi connectivity index (χ0v) is 11.1. The van der Waals surface area contributed by atoms with E-state index in [-0.39, 0.29) is 18.3 Å². The first-order valence-corrected chi connectivity index (χ1v) is 5.94. The molecule has 0 radical (unpaired) electrons. The second-order valence-corrected chi connectivity index (χ2v) is 4.38. The van der Waals surface area contributed by atoms with Crippen LogP contribution in [0, 0.1) is 5.92 Å². The van der Waals surface area contributed by atoms with Gasteiger partial charge in [-0.05, 0) is 30.0 Å². The highest BCUT2D eigenvalue weighted by Gasteiger charge is 2.18. The van der Waals surface area contributed by atoms with Crippen LogP contribution in [-0.2, 0) is 16.0 Å². The number of carbonyl (C=O) groups excluding carboxylic acids is 1. The number of ether oxygens (including phenoxy) is 2. The number of hydrogen-bond donors (Lipinski definition) is 1. The van der Waals surface area contributed by atoms with Gasteiger partial charge in [-0.1, -0.05) is 19.1 Å². The average molecular weight is 252 g/mol. The van der Waals surface area contributed by atoms with Crippen LogP contribution in [0.5, 0.6) is 5.75 Å². The summed E-state index contributed by atoms with van der Waals surface area (Å²) in [6.45, 7) is 1.91. The molecule has 0 aliphatic heterocycles. The summed E-state index contributed by atoms with van der Waals surface area (Å²) in [5.41, 5.74) is 1.10. The lowest BCUT2D eigenvalue weighted by Gasteiger charge is -2.17. The van der Waals surface area contributed by atoms with E-state index >= 15 is 0 Å². The molecule has 0 saturated carbocycles. The van der Waals surface area contributed by atoms with E-state index < -0.39 is 6.10 Å². The summed E-state index contributed by atoms with van der Waals surface area (Å²) in [7, 11) is 2.95. The molecule has 2 atom stereocenters. The summed E-state index contributed by atoms with van der Waals surface area (Å²) in [6.07, 6.45) is 0.0650. The number of benzene rings is 1. The van der Waals surface area contributed by atoms with E-state index in [4.69, 9.17) is 4.74 Å². The van der Waals surface area contributed by atoms with E-state index in [2.05, 4.69) is 4.74 Å². The van der Waals surface area contributed by atoms with Crippen LogP contribution in [0.25, 0.3) is 0 Å². The zero-order valence-electron chi connectivity index (χ0n) is 11.1. The summed E-state index contributed by atoms with van der Waals surface area (Å²) in [5, 5.41) is 9.86. The minimum Gasteiger partial charge on any atom is -0.497 e. The van der Waals surface area contributed by atoms with Gasteiger partial charge in [0.25, 0.3) is 0 Å². The van der Waals surface area contributed by atoms with Gasteiger partial charge in [-0.25, -0.2) is 0 Å². The largest absolute Gasteiger partial charge is 0.497 e. The SMILES string of the molecule is COC(=O)CC(O)C(C)Cc1ccc(OC)cc1. The molecular formula is C14H20O4. The molecule has 0 amide bonds. The summed E-state index contributed by atoms with van der Waals surface area (Å²) in [5.74, 6) is 0.420. The smallest absolute Gasteiger partial charge is 0.308 e. The Kier molecular flexibility index (Phi) is 5.65. The van der Waals surface area contributed by atoms with Gasteiger partial charge in [0, 0.05) is 0 Å². The maximum Gasteiger partial charge on any atom is 0.308 e. The van der Waals surface area contributed by atoms with E-state index in [1.807, 2.05) is 31.2 Å². The van der Waals surface area contributed by atoms with Crippen LogP contribution in [0.3, 0.4) is 0 Å². The molecule has 4 nitrogen and oxygen atoms in total. The fourth-order valence-corrected chi connectivity index (χ4v) is 1.72. The first kappa shape index (κ1) is 14.5. The molecule has 0 bridgehead atoms. The highest BCUT2D eigenvalue weighted by Crippen LogP contribution is 2.17. The molecule has 1 aromatic carbocycles. The summed E-state index contributed by atoms with van der Waals surface area (Å²) < 4.78 is 9.61. The standard InChI is InChI=1S/C14H20O4/c1-10(13(15)9-14(16)18-3)8-11-4-6-12(17-2)7-5-11/h4-7,10,13,15H,8-9H2,1-3H3. The van der Waals surface area contributed by atoms with Crippen molar-refractivity contribution < 1.29 is 19.4 Å². The van der Waals surface area contributed by atoms with Gasteiger partial charge in [0.15, 0.2) is 0 Å². The maximum absolute atomic E-state index is 11.1. The third-order valence-electron chi connectivity index (χ3n) is 2.98. The van der Waals surface area contributed by atoms with E-state index in [1.54, 1.807) is 7.11 Å². The molecule has 1 aromatic rings. The van der Waals surface area contributed by atoms with Gasteiger partial charge in [0.2, 0.25) is 0 Å². The monoisotopic (exact) mass is 252 g/mol. The third kappa shape index (κ3) is 4.37. The highest BCUT2D eigenvalue weighted by atomic mass is 16.5. The lowest BCUT2D eigenvalue weighted by molar-refractivity contribution is -0.143. The molecule has 18 heavy (non-hydrogen) atoms. The Hall–Kier alpha value is -1.55. The molecular weight excluding hydrogens is 232 g/mol. The van der Waals surface area contributed by atoms with Gasteiger partial charge in [-0.2, -0.15) is 0 Å². The molecule has 0 aliphatic carbocycles. The minimum absolute atomic E-state index is 0.00232. The van der Waals surface area contributed by atoms with Crippen molar-refractivity contribution in [2.24, 2.45) is 5.92 Å². The van der Waals surface area contributed by atoms with Crippen LogP contribution in [0.1, 0.15) is 18.9 Å². The van der Waals surface area contributed by atoms with Gasteiger partial charge in [-0.3, -0.25) is 4.79 Å². The maximum atomic E-state index is 11.1. The molecule has 100 valence electrons. The fraction of sp³-hybridized carbons (Fsp3) is 0.500. The van der Waals surface area contributed by atoms with Gasteiger partial charge >= 0.3 is 5.97 Å². The average Bonchev–Trinajstić information content (AvgIpc) is 2.39. The predicted molar refractivity (Wildman–Crippen MR) is 68.5 cm³/mol. The van der Waals surface area contributed by atoms with Crippen molar-refractivity contribution >= 4 is 5.97 Å². The number of hydrogen-bond acceptors (Lipinski definition) is 4. The Morgan fingerprint density at radius 3 is 2.39 bits per heavy atom. The lowest BCUT2D eigenvalue weighted by Crippen LogP contribution is -2.23. The number of methoxy groups -OCH3 is 2. The molecule has 0 aliphatic rings. The molecule has 2 unspecified atom stereocenters. The molecule has 0 saturated heterocycles. The van der Waals surface area contributed by atoms with Crippen LogP contribution in [0.4, 0.5) is 0 Å². The Bertz CT molecular complexity index is 372. The van der Waals surface area contributed by atoms with E-state index in [9.17, 15) is 9.90 Å². The van der Waals surface area contributed by atoms with Crippen molar-refractivity contribution in [3.63, 3.8) is 0 Å². The van der Waals surface area contributed by atoms with Crippen molar-refractivity contribution in [2.75, 3.05) is 14.2 Å². The Morgan fingerprint density at radius 1 is 1.28 bits per heavy atom. The van der Waals surface area contributed by atoms with Crippen molar-refractivity contribution in [2.45, 2.75) is 25.9 Å². The Balaban J connectivity index is 2.52. The molecule has 1 rings (SSSR count). The second kappa shape index (κ2) is 7.01. The Labute approximate surface area is 108 Å². The van der Waals surface area contributed by atoms with Gasteiger partial charge in [-0.15, -0.1) is 0 Å². The number of esters is 1. The molecule has 0 heterocycles. The number of aliphatic hydroxyl groups excluding tert-OH is 1. The topological polar surface area (TPSA) is 55.8 Å². The lowest BCUT2D eigenvalue weighted by atomic mass is 9.94. The van der Waals surface area contributed by atoms with Crippen LogP contribution in [0.2, 0.25) is 0 Å². The van der Waals surface area contributed by atoms with E-state index in [1.165, 1.54) is 7.11 Å². The number of carbonyl (C=O) groups is 1. The van der Waals surface area contributed by atoms with Gasteiger partial charge < -0.3 is 14.6 Å². The van der Waals surface area contributed by atoms with Crippen LogP contribution >= 0.6 is 0 Å². The third-order valence-corrected chi connectivity index (χ3v) is 2.98. The normalized spacial score (nSPS) is 13.8. The molecule has 0 aromatic heterocycles. The van der Waals surface area contributed by atoms with E-state index in [0.717, 1.165) is 11.3 Å². The van der Waals surface area contributed by atoms with Crippen LogP contribution in [0.15, 0.2) is 24.3 Å². The van der Waals surface area contributed by atoms with Gasteiger partial charge in [0.05, 0.1) is 26.7 Å². The van der Waals surface area contributed by atoms with E-state index in [0.29, 0.717) is 6.42 Å². The Morgan fingerprint density at radius 2 is 1.89 bits per heavy atom.